The summed E-state index contributed by atoms with van der Waals surface area (Å²) < 4.78 is 16.0. The van der Waals surface area contributed by atoms with Gasteiger partial charge in [-0.25, -0.2) is 9.37 Å². The van der Waals surface area contributed by atoms with Gasteiger partial charge in [-0.1, -0.05) is 6.92 Å². The highest BCUT2D eigenvalue weighted by Crippen LogP contribution is 2.52. The third kappa shape index (κ3) is 4.29. The second-order valence-electron chi connectivity index (χ2n) is 10.7. The molecule has 0 unspecified atom stereocenters. The molecule has 1 aromatic carbocycles. The van der Waals surface area contributed by atoms with Crippen LogP contribution in [0.15, 0.2) is 42.7 Å². The van der Waals surface area contributed by atoms with Gasteiger partial charge in [-0.15, -0.1) is 0 Å². The van der Waals surface area contributed by atoms with E-state index in [-0.39, 0.29) is 29.6 Å². The molecule has 1 atom stereocenters. The molecule has 1 aliphatic heterocycles. The molecule has 3 fully saturated rings. The van der Waals surface area contributed by atoms with Crippen molar-refractivity contribution in [2.24, 2.45) is 18.4 Å². The number of aromatic nitrogens is 3. The normalized spacial score (nSPS) is 21.8. The van der Waals surface area contributed by atoms with Crippen molar-refractivity contribution in [2.45, 2.75) is 51.5 Å². The maximum atomic E-state index is 14.3. The summed E-state index contributed by atoms with van der Waals surface area (Å²) in [4.78, 5) is 33.0. The Kier molecular flexibility index (Phi) is 5.43. The van der Waals surface area contributed by atoms with Gasteiger partial charge in [0.2, 0.25) is 5.91 Å². The lowest BCUT2D eigenvalue weighted by Crippen LogP contribution is -2.34. The number of nitrogens with zero attached hydrogens (tertiary/aromatic N) is 4. The van der Waals surface area contributed by atoms with Crippen molar-refractivity contribution < 1.29 is 14.0 Å². The fraction of sp³-hybridized carbons (Fsp3) is 0.429. The van der Waals surface area contributed by atoms with E-state index >= 15 is 0 Å². The number of nitrogens with one attached hydrogen (secondary N) is 1. The van der Waals surface area contributed by atoms with Crippen LogP contribution in [0, 0.1) is 17.2 Å². The van der Waals surface area contributed by atoms with Gasteiger partial charge in [0.15, 0.2) is 0 Å². The Hall–Kier alpha value is -3.55. The summed E-state index contributed by atoms with van der Waals surface area (Å²) >= 11 is 0. The minimum absolute atomic E-state index is 0.159. The minimum Gasteiger partial charge on any atom is -0.347 e. The average molecular weight is 488 g/mol. The summed E-state index contributed by atoms with van der Waals surface area (Å²) in [5.74, 6) is 0.275. The highest BCUT2D eigenvalue weighted by atomic mass is 19.1. The largest absolute Gasteiger partial charge is 0.347 e. The van der Waals surface area contributed by atoms with Gasteiger partial charge >= 0.3 is 0 Å². The fourth-order valence-corrected chi connectivity index (χ4v) is 5.37. The molecule has 36 heavy (non-hydrogen) atoms. The predicted octanol–water partition coefficient (Wildman–Crippen LogP) is 4.58. The third-order valence-electron chi connectivity index (χ3n) is 7.89. The lowest BCUT2D eigenvalue weighted by Gasteiger charge is -2.24. The molecule has 3 aromatic rings. The molecule has 0 bridgehead atoms. The SMILES string of the molecule is Cn1cc(-c2cc(F)cc(CNC(=O)c3cc(N4CC[C@@](C)(C5CC5)C4=O)cc(C4CC4)n3)c2)cn1. The summed E-state index contributed by atoms with van der Waals surface area (Å²) in [6, 6.07) is 8.43. The van der Waals surface area contributed by atoms with E-state index in [9.17, 15) is 14.0 Å². The van der Waals surface area contributed by atoms with Crippen LogP contribution >= 0.6 is 0 Å². The highest BCUT2D eigenvalue weighted by molar-refractivity contribution is 6.01. The van der Waals surface area contributed by atoms with E-state index in [0.29, 0.717) is 35.2 Å². The first-order chi connectivity index (χ1) is 17.3. The lowest BCUT2D eigenvalue weighted by molar-refractivity contribution is -0.125. The summed E-state index contributed by atoms with van der Waals surface area (Å²) in [6.07, 6.45) is 8.68. The predicted molar refractivity (Wildman–Crippen MR) is 134 cm³/mol. The van der Waals surface area contributed by atoms with Crippen LogP contribution in [0.1, 0.15) is 66.7 Å². The fourth-order valence-electron chi connectivity index (χ4n) is 5.37. The van der Waals surface area contributed by atoms with Gasteiger partial charge in [-0.05, 0) is 79.5 Å². The number of amides is 2. The number of halogens is 1. The van der Waals surface area contributed by atoms with Crippen molar-refractivity contribution >= 4 is 17.5 Å². The number of rotatable bonds is 7. The van der Waals surface area contributed by atoms with Crippen molar-refractivity contribution in [3.63, 3.8) is 0 Å². The first-order valence-corrected chi connectivity index (χ1v) is 12.7. The van der Waals surface area contributed by atoms with Crippen LogP contribution in [0.3, 0.4) is 0 Å². The topological polar surface area (TPSA) is 80.1 Å². The second kappa shape index (κ2) is 8.54. The van der Waals surface area contributed by atoms with E-state index < -0.39 is 0 Å². The number of aryl methyl sites for hydroxylation is 1. The number of hydrogen-bond donors (Lipinski definition) is 1. The van der Waals surface area contributed by atoms with E-state index in [1.807, 2.05) is 30.3 Å². The van der Waals surface area contributed by atoms with E-state index in [1.54, 1.807) is 16.9 Å². The van der Waals surface area contributed by atoms with Crippen LogP contribution in [0.25, 0.3) is 11.1 Å². The van der Waals surface area contributed by atoms with Crippen LogP contribution < -0.4 is 10.2 Å². The number of hydrogen-bond acceptors (Lipinski definition) is 4. The van der Waals surface area contributed by atoms with Gasteiger partial charge < -0.3 is 10.2 Å². The van der Waals surface area contributed by atoms with Crippen molar-refractivity contribution in [1.82, 2.24) is 20.1 Å². The van der Waals surface area contributed by atoms with Crippen LogP contribution in [0.2, 0.25) is 0 Å². The number of carbonyl (C=O) groups is 2. The Morgan fingerprint density at radius 1 is 1.14 bits per heavy atom. The first-order valence-electron chi connectivity index (χ1n) is 12.7. The maximum Gasteiger partial charge on any atom is 0.270 e. The van der Waals surface area contributed by atoms with Gasteiger partial charge in [0, 0.05) is 49.2 Å². The van der Waals surface area contributed by atoms with Crippen LogP contribution in [0.4, 0.5) is 10.1 Å². The standard InChI is InChI=1S/C28H30FN5O2/c1-28(21-5-6-21)7-8-34(27(28)36)23-12-24(18-3-4-18)32-25(13-23)26(35)30-14-17-9-19(11-22(29)10-17)20-15-31-33(2)16-20/h9-13,15-16,18,21H,3-8,14H2,1-2H3,(H,30,35)/t28-/m0/s1. The van der Waals surface area contributed by atoms with E-state index in [4.69, 9.17) is 0 Å². The van der Waals surface area contributed by atoms with Gasteiger partial charge in [0.05, 0.1) is 11.6 Å². The van der Waals surface area contributed by atoms with Gasteiger partial charge in [-0.3, -0.25) is 14.3 Å². The number of carbonyl (C=O) groups excluding carboxylic acids is 2. The Bertz CT molecular complexity index is 1360. The van der Waals surface area contributed by atoms with Crippen LogP contribution in [-0.2, 0) is 18.4 Å². The summed E-state index contributed by atoms with van der Waals surface area (Å²) in [5, 5.41) is 7.04. The smallest absolute Gasteiger partial charge is 0.270 e. The zero-order valence-corrected chi connectivity index (χ0v) is 20.6. The Morgan fingerprint density at radius 2 is 1.94 bits per heavy atom. The van der Waals surface area contributed by atoms with E-state index in [2.05, 4.69) is 22.3 Å². The summed E-state index contributed by atoms with van der Waals surface area (Å²) in [6.45, 7) is 2.92. The molecular formula is C28H30FN5O2. The summed E-state index contributed by atoms with van der Waals surface area (Å²) in [5.41, 5.74) is 3.79. The molecule has 0 spiro atoms. The molecule has 186 valence electrons. The molecule has 2 amide bonds. The lowest BCUT2D eigenvalue weighted by atomic mass is 9.83. The maximum absolute atomic E-state index is 14.3. The zero-order chi connectivity index (χ0) is 25.0. The molecule has 6 rings (SSSR count). The van der Waals surface area contributed by atoms with Crippen molar-refractivity contribution in [1.29, 1.82) is 0 Å². The second-order valence-corrected chi connectivity index (χ2v) is 10.7. The molecule has 7 nitrogen and oxygen atoms in total. The monoisotopic (exact) mass is 487 g/mol. The van der Waals surface area contributed by atoms with E-state index in [0.717, 1.165) is 49.0 Å². The Morgan fingerprint density at radius 3 is 2.64 bits per heavy atom. The third-order valence-corrected chi connectivity index (χ3v) is 7.89. The highest BCUT2D eigenvalue weighted by Gasteiger charge is 2.52. The number of anilines is 1. The Balaban J connectivity index is 1.22. The molecule has 8 heteroatoms. The minimum atomic E-state index is -0.372. The average Bonchev–Trinajstić information content (AvgIpc) is 3.79. The molecule has 2 saturated carbocycles. The van der Waals surface area contributed by atoms with Gasteiger partial charge in [0.25, 0.3) is 5.91 Å². The molecule has 2 aromatic heterocycles. The molecule has 1 saturated heterocycles. The molecule has 3 heterocycles. The van der Waals surface area contributed by atoms with Crippen molar-refractivity contribution in [2.75, 3.05) is 11.4 Å². The molecule has 2 aliphatic carbocycles. The molecule has 3 aliphatic rings. The van der Waals surface area contributed by atoms with Crippen molar-refractivity contribution in [3.05, 3.63) is 65.5 Å². The first kappa shape index (κ1) is 22.9. The van der Waals surface area contributed by atoms with E-state index in [1.165, 1.54) is 12.1 Å². The quantitative estimate of drug-likeness (QED) is 0.529. The molecule has 1 N–H and O–H groups in total. The molecule has 0 radical (unpaired) electrons. The number of benzene rings is 1. The van der Waals surface area contributed by atoms with Crippen molar-refractivity contribution in [3.8, 4) is 11.1 Å². The number of pyridine rings is 1. The van der Waals surface area contributed by atoms with Crippen LogP contribution in [-0.4, -0.2) is 33.1 Å². The Labute approximate surface area is 209 Å². The molecular weight excluding hydrogens is 457 g/mol. The zero-order valence-electron chi connectivity index (χ0n) is 20.6. The van der Waals surface area contributed by atoms with Gasteiger partial charge in [0.1, 0.15) is 11.5 Å². The van der Waals surface area contributed by atoms with Crippen LogP contribution in [0.5, 0.6) is 0 Å². The summed E-state index contributed by atoms with van der Waals surface area (Å²) in [7, 11) is 1.81. The van der Waals surface area contributed by atoms with Gasteiger partial charge in [-0.2, -0.15) is 5.10 Å².